The summed E-state index contributed by atoms with van der Waals surface area (Å²) in [6.45, 7) is 5.81. The van der Waals surface area contributed by atoms with Gasteiger partial charge in [0.25, 0.3) is 0 Å². The summed E-state index contributed by atoms with van der Waals surface area (Å²) in [7, 11) is 0. The van der Waals surface area contributed by atoms with Crippen LogP contribution >= 0.6 is 0 Å². The third-order valence-electron chi connectivity index (χ3n) is 3.18. The van der Waals surface area contributed by atoms with Crippen molar-refractivity contribution in [2.24, 2.45) is 0 Å². The van der Waals surface area contributed by atoms with Crippen molar-refractivity contribution in [2.45, 2.75) is 58.1 Å². The summed E-state index contributed by atoms with van der Waals surface area (Å²) >= 11 is 0. The quantitative estimate of drug-likeness (QED) is 0.809. The van der Waals surface area contributed by atoms with Crippen molar-refractivity contribution >= 4 is 0 Å². The van der Waals surface area contributed by atoms with Crippen molar-refractivity contribution in [3.05, 3.63) is 35.4 Å². The molecule has 0 aliphatic heterocycles. The number of aryl methyl sites for hydroxylation is 1. The van der Waals surface area contributed by atoms with Crippen LogP contribution in [0.15, 0.2) is 24.3 Å². The number of nitrogens with one attached hydrogen (secondary N) is 1. The second kappa shape index (κ2) is 5.39. The zero-order valence-electron chi connectivity index (χ0n) is 11.4. The Kier molecular flexibility index (Phi) is 4.05. The minimum atomic E-state index is -0.916. The van der Waals surface area contributed by atoms with Crippen molar-refractivity contribution in [1.29, 1.82) is 0 Å². The standard InChI is InChI=1S/C15H23NO2/c1-15(2,3)18-14(17)16-13-10-6-8-11-7-4-5-9-12(11)13/h4-5,7,9,13-14,16-17H,6,8,10H2,1-3H3/t13-,14?/m0/s1. The average Bonchev–Trinajstić information content (AvgIpc) is 2.27. The maximum absolute atomic E-state index is 9.93. The topological polar surface area (TPSA) is 41.5 Å². The fraction of sp³-hybridized carbons (Fsp3) is 0.600. The lowest BCUT2D eigenvalue weighted by Crippen LogP contribution is -2.40. The highest BCUT2D eigenvalue weighted by Crippen LogP contribution is 2.29. The number of ether oxygens (including phenoxy) is 1. The molecule has 3 nitrogen and oxygen atoms in total. The first-order valence-corrected chi connectivity index (χ1v) is 6.65. The molecule has 100 valence electrons. The van der Waals surface area contributed by atoms with E-state index in [1.807, 2.05) is 20.8 Å². The molecule has 0 bridgehead atoms. The van der Waals surface area contributed by atoms with E-state index in [-0.39, 0.29) is 11.6 Å². The Morgan fingerprint density at radius 1 is 1.33 bits per heavy atom. The highest BCUT2D eigenvalue weighted by Gasteiger charge is 2.24. The van der Waals surface area contributed by atoms with Crippen molar-refractivity contribution in [3.63, 3.8) is 0 Å². The maximum atomic E-state index is 9.93. The highest BCUT2D eigenvalue weighted by atomic mass is 16.6. The molecule has 0 heterocycles. The minimum Gasteiger partial charge on any atom is -0.356 e. The van der Waals surface area contributed by atoms with Crippen LogP contribution in [0, 0.1) is 0 Å². The van der Waals surface area contributed by atoms with Gasteiger partial charge in [-0.2, -0.15) is 0 Å². The number of aliphatic hydroxyl groups is 1. The summed E-state index contributed by atoms with van der Waals surface area (Å²) in [4.78, 5) is 0. The number of aliphatic hydroxyl groups excluding tert-OH is 1. The molecule has 3 heteroatoms. The molecular formula is C15H23NO2. The summed E-state index contributed by atoms with van der Waals surface area (Å²) in [6, 6.07) is 8.61. The van der Waals surface area contributed by atoms with E-state index in [0.717, 1.165) is 19.3 Å². The monoisotopic (exact) mass is 249 g/mol. The molecular weight excluding hydrogens is 226 g/mol. The Hall–Kier alpha value is -0.900. The summed E-state index contributed by atoms with van der Waals surface area (Å²) in [5.41, 5.74) is 2.32. The van der Waals surface area contributed by atoms with Gasteiger partial charge in [-0.1, -0.05) is 24.3 Å². The van der Waals surface area contributed by atoms with Crippen molar-refractivity contribution in [3.8, 4) is 0 Å². The first kappa shape index (κ1) is 13.5. The smallest absolute Gasteiger partial charge is 0.214 e. The Labute approximate surface area is 109 Å². The molecule has 0 spiro atoms. The molecule has 1 aliphatic rings. The van der Waals surface area contributed by atoms with Crippen LogP contribution in [0.4, 0.5) is 0 Å². The minimum absolute atomic E-state index is 0.187. The predicted molar refractivity (Wildman–Crippen MR) is 72.1 cm³/mol. The van der Waals surface area contributed by atoms with Crippen molar-refractivity contribution in [1.82, 2.24) is 5.32 Å². The molecule has 0 amide bonds. The Balaban J connectivity index is 2.03. The second-order valence-electron chi connectivity index (χ2n) is 5.89. The average molecular weight is 249 g/mol. The van der Waals surface area contributed by atoms with Gasteiger partial charge in [0.05, 0.1) is 5.60 Å². The summed E-state index contributed by atoms with van der Waals surface area (Å²) in [6.07, 6.45) is 2.41. The van der Waals surface area contributed by atoms with Gasteiger partial charge in [-0.05, 0) is 51.2 Å². The molecule has 0 aromatic heterocycles. The normalized spacial score (nSPS) is 21.4. The molecule has 1 aromatic rings. The van der Waals surface area contributed by atoms with Gasteiger partial charge >= 0.3 is 0 Å². The molecule has 2 atom stereocenters. The molecule has 0 radical (unpaired) electrons. The summed E-state index contributed by atoms with van der Waals surface area (Å²) in [5.74, 6) is 0. The molecule has 18 heavy (non-hydrogen) atoms. The second-order valence-corrected chi connectivity index (χ2v) is 5.89. The first-order valence-electron chi connectivity index (χ1n) is 6.65. The summed E-state index contributed by atoms with van der Waals surface area (Å²) in [5, 5.41) is 13.1. The zero-order valence-corrected chi connectivity index (χ0v) is 11.4. The van der Waals surface area contributed by atoms with E-state index in [9.17, 15) is 5.11 Å². The van der Waals surface area contributed by atoms with Crippen LogP contribution in [-0.4, -0.2) is 17.1 Å². The van der Waals surface area contributed by atoms with Gasteiger partial charge in [-0.25, -0.2) is 0 Å². The van der Waals surface area contributed by atoms with E-state index < -0.39 is 6.41 Å². The lowest BCUT2D eigenvalue weighted by atomic mass is 9.88. The van der Waals surface area contributed by atoms with Crippen LogP contribution in [0.5, 0.6) is 0 Å². The van der Waals surface area contributed by atoms with E-state index in [4.69, 9.17) is 4.74 Å². The fourth-order valence-electron chi connectivity index (χ4n) is 2.47. The largest absolute Gasteiger partial charge is 0.356 e. The van der Waals surface area contributed by atoms with Gasteiger partial charge in [0.2, 0.25) is 6.41 Å². The van der Waals surface area contributed by atoms with Gasteiger partial charge < -0.3 is 9.84 Å². The van der Waals surface area contributed by atoms with Crippen LogP contribution in [-0.2, 0) is 11.2 Å². The molecule has 0 fully saturated rings. The number of fused-ring (bicyclic) bond motifs is 1. The fourth-order valence-corrected chi connectivity index (χ4v) is 2.47. The van der Waals surface area contributed by atoms with Gasteiger partial charge in [0.1, 0.15) is 0 Å². The Morgan fingerprint density at radius 2 is 2.06 bits per heavy atom. The van der Waals surface area contributed by atoms with Crippen molar-refractivity contribution in [2.75, 3.05) is 0 Å². The number of rotatable bonds is 3. The van der Waals surface area contributed by atoms with Gasteiger partial charge in [0.15, 0.2) is 0 Å². The van der Waals surface area contributed by atoms with Gasteiger partial charge in [-0.15, -0.1) is 0 Å². The number of benzene rings is 1. The van der Waals surface area contributed by atoms with E-state index in [1.165, 1.54) is 11.1 Å². The lowest BCUT2D eigenvalue weighted by Gasteiger charge is -2.31. The number of hydrogen-bond donors (Lipinski definition) is 2. The zero-order chi connectivity index (χ0) is 13.2. The molecule has 0 saturated heterocycles. The molecule has 0 saturated carbocycles. The third-order valence-corrected chi connectivity index (χ3v) is 3.18. The molecule has 2 N–H and O–H groups in total. The van der Waals surface area contributed by atoms with E-state index in [1.54, 1.807) is 0 Å². The van der Waals surface area contributed by atoms with E-state index in [2.05, 4.69) is 29.6 Å². The number of hydrogen-bond acceptors (Lipinski definition) is 3. The van der Waals surface area contributed by atoms with Crippen LogP contribution < -0.4 is 5.32 Å². The molecule has 1 aliphatic carbocycles. The lowest BCUT2D eigenvalue weighted by molar-refractivity contribution is -0.186. The van der Waals surface area contributed by atoms with E-state index in [0.29, 0.717) is 0 Å². The summed E-state index contributed by atoms with van der Waals surface area (Å²) < 4.78 is 5.50. The van der Waals surface area contributed by atoms with Crippen LogP contribution in [0.3, 0.4) is 0 Å². The predicted octanol–water partition coefficient (Wildman–Crippen LogP) is 2.74. The van der Waals surface area contributed by atoms with Crippen LogP contribution in [0.1, 0.15) is 50.8 Å². The van der Waals surface area contributed by atoms with Gasteiger partial charge in [-0.3, -0.25) is 5.32 Å². The first-order chi connectivity index (χ1) is 8.46. The van der Waals surface area contributed by atoms with Crippen molar-refractivity contribution < 1.29 is 9.84 Å². The van der Waals surface area contributed by atoms with Crippen LogP contribution in [0.25, 0.3) is 0 Å². The third kappa shape index (κ3) is 3.55. The SMILES string of the molecule is CC(C)(C)OC(O)N[C@H]1CCCc2ccccc21. The molecule has 1 aromatic carbocycles. The Morgan fingerprint density at radius 3 is 2.78 bits per heavy atom. The molecule has 1 unspecified atom stereocenters. The highest BCUT2D eigenvalue weighted by molar-refractivity contribution is 5.32. The molecule has 2 rings (SSSR count). The Bertz CT molecular complexity index is 398. The van der Waals surface area contributed by atoms with E-state index >= 15 is 0 Å². The van der Waals surface area contributed by atoms with Gasteiger partial charge in [0, 0.05) is 6.04 Å². The van der Waals surface area contributed by atoms with Crippen LogP contribution in [0.2, 0.25) is 0 Å². The maximum Gasteiger partial charge on any atom is 0.214 e.